The van der Waals surface area contributed by atoms with Crippen molar-refractivity contribution < 1.29 is 14.8 Å². The topological polar surface area (TPSA) is 93.7 Å². The summed E-state index contributed by atoms with van der Waals surface area (Å²) in [6.45, 7) is 3.31. The van der Waals surface area contributed by atoms with Gasteiger partial charge >= 0.3 is 5.69 Å². The number of ether oxygens (including phenoxy) is 1. The molecule has 1 aromatic heterocycles. The Morgan fingerprint density at radius 1 is 1.60 bits per heavy atom. The van der Waals surface area contributed by atoms with Gasteiger partial charge in [-0.25, -0.2) is 4.68 Å². The van der Waals surface area contributed by atoms with Crippen LogP contribution in [0.25, 0.3) is 0 Å². The molecule has 1 atom stereocenters. The lowest BCUT2D eigenvalue weighted by Gasteiger charge is -2.32. The maximum Gasteiger partial charge on any atom is 0.334 e. The zero-order chi connectivity index (χ0) is 14.7. The fourth-order valence-electron chi connectivity index (χ4n) is 2.53. The van der Waals surface area contributed by atoms with E-state index >= 15 is 0 Å². The summed E-state index contributed by atoms with van der Waals surface area (Å²) >= 11 is 0. The van der Waals surface area contributed by atoms with Crippen molar-refractivity contribution in [3.63, 3.8) is 0 Å². The van der Waals surface area contributed by atoms with Crippen LogP contribution >= 0.6 is 0 Å². The first-order chi connectivity index (χ1) is 9.58. The Hall–Kier alpha value is -1.67. The second-order valence-corrected chi connectivity index (χ2v) is 4.87. The van der Waals surface area contributed by atoms with Gasteiger partial charge in [0, 0.05) is 20.1 Å². The van der Waals surface area contributed by atoms with Crippen LogP contribution in [0, 0.1) is 10.1 Å². The lowest BCUT2D eigenvalue weighted by atomic mass is 10.2. The van der Waals surface area contributed by atoms with Gasteiger partial charge in [-0.3, -0.25) is 10.1 Å². The van der Waals surface area contributed by atoms with Crippen molar-refractivity contribution in [1.29, 1.82) is 0 Å². The van der Waals surface area contributed by atoms with Gasteiger partial charge in [0.25, 0.3) is 0 Å². The normalized spacial score (nSPS) is 19.4. The first-order valence-electron chi connectivity index (χ1n) is 6.76. The molecule has 1 aliphatic heterocycles. The Kier molecular flexibility index (Phi) is 4.56. The summed E-state index contributed by atoms with van der Waals surface area (Å²) in [4.78, 5) is 12.9. The van der Waals surface area contributed by atoms with Gasteiger partial charge in [0.1, 0.15) is 5.69 Å². The number of morpholine rings is 1. The maximum absolute atomic E-state index is 11.4. The number of nitrogens with zero attached hydrogens (tertiary/aromatic N) is 4. The Morgan fingerprint density at radius 3 is 2.95 bits per heavy atom. The largest absolute Gasteiger partial charge is 0.394 e. The minimum atomic E-state index is -0.364. The molecule has 1 fully saturated rings. The van der Waals surface area contributed by atoms with Crippen molar-refractivity contribution in [3.05, 3.63) is 15.8 Å². The van der Waals surface area contributed by atoms with Crippen molar-refractivity contribution in [3.8, 4) is 0 Å². The fourth-order valence-corrected chi connectivity index (χ4v) is 2.53. The van der Waals surface area contributed by atoms with E-state index in [2.05, 4.69) is 5.10 Å². The van der Waals surface area contributed by atoms with E-state index in [1.807, 2.05) is 11.8 Å². The summed E-state index contributed by atoms with van der Waals surface area (Å²) in [6.07, 6.45) is 1.07. The van der Waals surface area contributed by atoms with Crippen LogP contribution in [0.15, 0.2) is 0 Å². The average molecular weight is 284 g/mol. The van der Waals surface area contributed by atoms with Gasteiger partial charge in [-0.2, -0.15) is 5.10 Å². The van der Waals surface area contributed by atoms with Gasteiger partial charge in [-0.05, 0) is 6.42 Å². The molecule has 2 heterocycles. The highest BCUT2D eigenvalue weighted by Crippen LogP contribution is 2.33. The van der Waals surface area contributed by atoms with Crippen LogP contribution in [-0.4, -0.2) is 52.2 Å². The van der Waals surface area contributed by atoms with Crippen LogP contribution in [0.2, 0.25) is 0 Å². The summed E-state index contributed by atoms with van der Waals surface area (Å²) in [6, 6.07) is 0. The second-order valence-electron chi connectivity index (χ2n) is 4.87. The predicted octanol–water partition coefficient (Wildman–Crippen LogP) is 0.478. The molecule has 8 nitrogen and oxygen atoms in total. The zero-order valence-corrected chi connectivity index (χ0v) is 11.8. The zero-order valence-electron chi connectivity index (χ0n) is 11.8. The summed E-state index contributed by atoms with van der Waals surface area (Å²) in [5, 5.41) is 24.8. The molecular formula is C12H20N4O4. The number of aliphatic hydroxyl groups excluding tert-OH is 1. The van der Waals surface area contributed by atoms with Gasteiger partial charge in [-0.1, -0.05) is 13.3 Å². The molecular weight excluding hydrogens is 264 g/mol. The van der Waals surface area contributed by atoms with Crippen LogP contribution in [0.3, 0.4) is 0 Å². The lowest BCUT2D eigenvalue weighted by molar-refractivity contribution is -0.384. The monoisotopic (exact) mass is 284 g/mol. The van der Waals surface area contributed by atoms with Gasteiger partial charge in [-0.15, -0.1) is 0 Å². The molecule has 0 saturated carbocycles. The molecule has 20 heavy (non-hydrogen) atoms. The molecule has 0 aromatic carbocycles. The molecule has 8 heteroatoms. The predicted molar refractivity (Wildman–Crippen MR) is 72.9 cm³/mol. The summed E-state index contributed by atoms with van der Waals surface area (Å²) in [5.41, 5.74) is 0.593. The number of anilines is 1. The van der Waals surface area contributed by atoms with Crippen LogP contribution in [0.4, 0.5) is 11.5 Å². The first-order valence-corrected chi connectivity index (χ1v) is 6.76. The van der Waals surface area contributed by atoms with E-state index in [4.69, 9.17) is 4.74 Å². The van der Waals surface area contributed by atoms with Crippen molar-refractivity contribution in [2.24, 2.45) is 7.05 Å². The molecule has 1 aromatic rings. The van der Waals surface area contributed by atoms with E-state index in [0.29, 0.717) is 37.6 Å². The molecule has 1 unspecified atom stereocenters. The van der Waals surface area contributed by atoms with Crippen molar-refractivity contribution >= 4 is 11.5 Å². The molecule has 2 rings (SSSR count). The Morgan fingerprint density at radius 2 is 2.35 bits per heavy atom. The van der Waals surface area contributed by atoms with Crippen molar-refractivity contribution in [1.82, 2.24) is 9.78 Å². The maximum atomic E-state index is 11.4. The smallest absolute Gasteiger partial charge is 0.334 e. The van der Waals surface area contributed by atoms with E-state index in [-0.39, 0.29) is 23.3 Å². The minimum Gasteiger partial charge on any atom is -0.394 e. The lowest BCUT2D eigenvalue weighted by Crippen LogP contribution is -2.45. The quantitative estimate of drug-likeness (QED) is 0.624. The molecule has 0 bridgehead atoms. The van der Waals surface area contributed by atoms with Gasteiger partial charge in [0.05, 0.1) is 24.2 Å². The van der Waals surface area contributed by atoms with E-state index < -0.39 is 0 Å². The highest BCUT2D eigenvalue weighted by atomic mass is 16.6. The van der Waals surface area contributed by atoms with Crippen LogP contribution in [-0.2, 0) is 18.2 Å². The third kappa shape index (κ3) is 2.75. The van der Waals surface area contributed by atoms with E-state index in [1.54, 1.807) is 11.7 Å². The molecule has 0 amide bonds. The molecule has 0 radical (unpaired) electrons. The van der Waals surface area contributed by atoms with Crippen molar-refractivity contribution in [2.45, 2.75) is 25.9 Å². The number of hydrogen-bond acceptors (Lipinski definition) is 6. The fraction of sp³-hybridized carbons (Fsp3) is 0.750. The van der Waals surface area contributed by atoms with Crippen LogP contribution in [0.1, 0.15) is 19.0 Å². The number of nitro groups is 1. The average Bonchev–Trinajstić information content (AvgIpc) is 2.76. The minimum absolute atomic E-state index is 0.0768. The first kappa shape index (κ1) is 14.7. The van der Waals surface area contributed by atoms with Crippen molar-refractivity contribution in [2.75, 3.05) is 31.2 Å². The summed E-state index contributed by atoms with van der Waals surface area (Å²) in [5.74, 6) is 0.500. The molecule has 1 saturated heterocycles. The Bertz CT molecular complexity index is 488. The van der Waals surface area contributed by atoms with E-state index in [1.165, 1.54) is 0 Å². The standard InChI is InChI=1S/C12H20N4O4/c1-3-4-10-11(16(18)19)12(14(2)13-10)15-5-6-20-9(7-15)8-17/h9,17H,3-8H2,1-2H3. The van der Waals surface area contributed by atoms with E-state index in [0.717, 1.165) is 6.42 Å². The molecule has 1 N–H and O–H groups in total. The second kappa shape index (κ2) is 6.19. The van der Waals surface area contributed by atoms with Gasteiger partial charge in [0.2, 0.25) is 5.82 Å². The van der Waals surface area contributed by atoms with Crippen LogP contribution in [0.5, 0.6) is 0 Å². The number of aliphatic hydroxyl groups is 1. The molecule has 1 aliphatic rings. The number of hydrogen-bond donors (Lipinski definition) is 1. The summed E-state index contributed by atoms with van der Waals surface area (Å²) < 4.78 is 6.94. The van der Waals surface area contributed by atoms with Crippen LogP contribution < -0.4 is 4.90 Å². The third-order valence-corrected chi connectivity index (χ3v) is 3.37. The Balaban J connectivity index is 2.36. The van der Waals surface area contributed by atoms with Gasteiger partial charge < -0.3 is 14.7 Å². The SMILES string of the molecule is CCCc1nn(C)c(N2CCOC(CO)C2)c1[N+](=O)[O-]. The molecule has 0 spiro atoms. The van der Waals surface area contributed by atoms with Gasteiger partial charge in [0.15, 0.2) is 0 Å². The third-order valence-electron chi connectivity index (χ3n) is 3.37. The number of aromatic nitrogens is 2. The van der Waals surface area contributed by atoms with E-state index in [9.17, 15) is 15.2 Å². The summed E-state index contributed by atoms with van der Waals surface area (Å²) in [7, 11) is 1.71. The molecule has 112 valence electrons. The Labute approximate surface area is 117 Å². The number of aryl methyl sites for hydroxylation is 2. The highest BCUT2D eigenvalue weighted by Gasteiger charge is 2.32. The molecule has 0 aliphatic carbocycles. The highest BCUT2D eigenvalue weighted by molar-refractivity contribution is 5.62. The number of rotatable bonds is 5.